The van der Waals surface area contributed by atoms with Crippen molar-refractivity contribution in [2.24, 2.45) is 11.7 Å². The second-order valence-corrected chi connectivity index (χ2v) is 5.42. The number of benzene rings is 1. The molecule has 0 spiro atoms. The number of para-hydroxylation sites is 1. The Morgan fingerprint density at radius 3 is 2.90 bits per heavy atom. The minimum Gasteiger partial charge on any atom is -0.361 e. The summed E-state index contributed by atoms with van der Waals surface area (Å²) in [7, 11) is 1.69. The van der Waals surface area contributed by atoms with Gasteiger partial charge in [-0.15, -0.1) is 0 Å². The number of carbonyl (C=O) groups excluding carboxylic acids is 1. The smallest absolute Gasteiger partial charge is 0.239 e. The molecule has 2 atom stereocenters. The highest BCUT2D eigenvalue weighted by Gasteiger charge is 2.20. The summed E-state index contributed by atoms with van der Waals surface area (Å²) in [4.78, 5) is 17.0. The number of nitrogens with two attached hydrogens (primary N) is 1. The third-order valence-corrected chi connectivity index (χ3v) is 3.58. The molecule has 0 saturated heterocycles. The van der Waals surface area contributed by atoms with Gasteiger partial charge in [-0.3, -0.25) is 4.79 Å². The molecule has 1 aromatic heterocycles. The number of nitrogens with one attached hydrogen (secondary N) is 1. The number of nitrogens with zero attached hydrogens (tertiary/aromatic N) is 2. The van der Waals surface area contributed by atoms with Crippen molar-refractivity contribution in [3.05, 3.63) is 36.0 Å². The first-order valence-electron chi connectivity index (χ1n) is 6.98. The first kappa shape index (κ1) is 15.1. The van der Waals surface area contributed by atoms with Gasteiger partial charge in [-0.05, 0) is 25.0 Å². The topological polar surface area (TPSA) is 85.9 Å². The van der Waals surface area contributed by atoms with E-state index in [1.165, 1.54) is 4.90 Å². The lowest BCUT2D eigenvalue weighted by Gasteiger charge is -2.22. The zero-order valence-corrected chi connectivity index (χ0v) is 12.3. The van der Waals surface area contributed by atoms with E-state index in [9.17, 15) is 4.79 Å². The molecule has 1 heterocycles. The van der Waals surface area contributed by atoms with Crippen molar-refractivity contribution in [3.63, 3.8) is 0 Å². The molecule has 0 bridgehead atoms. The number of fused-ring (bicyclic) bond motifs is 1. The summed E-state index contributed by atoms with van der Waals surface area (Å²) in [5.74, 6) is -0.332. The van der Waals surface area contributed by atoms with Crippen molar-refractivity contribution in [1.82, 2.24) is 9.88 Å². The predicted molar refractivity (Wildman–Crippen MR) is 82.4 cm³/mol. The van der Waals surface area contributed by atoms with E-state index >= 15 is 0 Å². The number of aromatic nitrogens is 1. The average Bonchev–Trinajstić information content (AvgIpc) is 2.89. The summed E-state index contributed by atoms with van der Waals surface area (Å²) in [5, 5.41) is 9.90. The molecule has 3 N–H and O–H groups in total. The van der Waals surface area contributed by atoms with Crippen molar-refractivity contribution in [2.45, 2.75) is 19.4 Å². The van der Waals surface area contributed by atoms with Crippen molar-refractivity contribution >= 4 is 16.8 Å². The van der Waals surface area contributed by atoms with Crippen LogP contribution >= 0.6 is 0 Å². The Labute approximate surface area is 124 Å². The molecule has 2 unspecified atom stereocenters. The number of amides is 1. The fourth-order valence-corrected chi connectivity index (χ4v) is 2.45. The zero-order valence-electron chi connectivity index (χ0n) is 12.3. The lowest BCUT2D eigenvalue weighted by atomic mass is 10.0. The van der Waals surface area contributed by atoms with E-state index in [1.54, 1.807) is 14.0 Å². The minimum atomic E-state index is -0.597. The van der Waals surface area contributed by atoms with Gasteiger partial charge in [0, 0.05) is 30.7 Å². The lowest BCUT2D eigenvalue weighted by molar-refractivity contribution is -0.131. The van der Waals surface area contributed by atoms with Gasteiger partial charge in [0.25, 0.3) is 0 Å². The standard InChI is InChI=1S/C16H20N4O/c1-11(8-17)10-20(2)16(21)14(18)7-12-9-19-15-6-4-3-5-13(12)15/h3-6,9,11,14,19H,7,10,18H2,1-2H3. The monoisotopic (exact) mass is 284 g/mol. The highest BCUT2D eigenvalue weighted by Crippen LogP contribution is 2.19. The van der Waals surface area contributed by atoms with Gasteiger partial charge in [0.2, 0.25) is 5.91 Å². The Kier molecular flexibility index (Phi) is 4.61. The molecule has 0 aliphatic heterocycles. The van der Waals surface area contributed by atoms with E-state index in [4.69, 9.17) is 11.0 Å². The Bertz CT molecular complexity index is 670. The van der Waals surface area contributed by atoms with E-state index in [1.807, 2.05) is 30.5 Å². The van der Waals surface area contributed by atoms with Crippen LogP contribution < -0.4 is 5.73 Å². The van der Waals surface area contributed by atoms with Crippen LogP contribution in [-0.4, -0.2) is 35.4 Å². The van der Waals surface area contributed by atoms with E-state index in [2.05, 4.69) is 11.1 Å². The normalized spacial score (nSPS) is 13.6. The van der Waals surface area contributed by atoms with E-state index in [0.717, 1.165) is 16.5 Å². The van der Waals surface area contributed by atoms with E-state index in [0.29, 0.717) is 13.0 Å². The molecule has 21 heavy (non-hydrogen) atoms. The van der Waals surface area contributed by atoms with Crippen LogP contribution in [0.3, 0.4) is 0 Å². The first-order valence-corrected chi connectivity index (χ1v) is 6.98. The van der Waals surface area contributed by atoms with Gasteiger partial charge in [-0.2, -0.15) is 5.26 Å². The molecular formula is C16H20N4O. The summed E-state index contributed by atoms with van der Waals surface area (Å²) in [5.41, 5.74) is 8.11. The molecule has 2 rings (SSSR count). The number of hydrogen-bond donors (Lipinski definition) is 2. The first-order chi connectivity index (χ1) is 10.0. The zero-order chi connectivity index (χ0) is 15.4. The molecule has 1 amide bonds. The number of H-pyrrole nitrogens is 1. The van der Waals surface area contributed by atoms with Gasteiger partial charge in [0.05, 0.1) is 18.0 Å². The van der Waals surface area contributed by atoms with Gasteiger partial charge < -0.3 is 15.6 Å². The molecule has 5 nitrogen and oxygen atoms in total. The number of rotatable bonds is 5. The molecule has 0 fully saturated rings. The summed E-state index contributed by atoms with van der Waals surface area (Å²) < 4.78 is 0. The second kappa shape index (κ2) is 6.42. The molecule has 2 aromatic rings. The predicted octanol–water partition coefficient (Wildman–Crippen LogP) is 1.66. The Balaban J connectivity index is 2.05. The fourth-order valence-electron chi connectivity index (χ4n) is 2.45. The van der Waals surface area contributed by atoms with E-state index in [-0.39, 0.29) is 11.8 Å². The average molecular weight is 284 g/mol. The van der Waals surface area contributed by atoms with Crippen molar-refractivity contribution in [1.29, 1.82) is 5.26 Å². The second-order valence-electron chi connectivity index (χ2n) is 5.42. The largest absolute Gasteiger partial charge is 0.361 e. The van der Waals surface area contributed by atoms with Gasteiger partial charge in [-0.1, -0.05) is 18.2 Å². The molecule has 110 valence electrons. The van der Waals surface area contributed by atoms with Gasteiger partial charge in [0.15, 0.2) is 0 Å². The van der Waals surface area contributed by atoms with Crippen LogP contribution in [-0.2, 0) is 11.2 Å². The maximum absolute atomic E-state index is 12.2. The summed E-state index contributed by atoms with van der Waals surface area (Å²) in [6.45, 7) is 2.19. The van der Waals surface area contributed by atoms with Crippen LogP contribution in [0.25, 0.3) is 10.9 Å². The number of likely N-dealkylation sites (N-methyl/N-ethyl adjacent to an activating group) is 1. The Morgan fingerprint density at radius 2 is 2.19 bits per heavy atom. The lowest BCUT2D eigenvalue weighted by Crippen LogP contribution is -2.44. The van der Waals surface area contributed by atoms with Crippen LogP contribution in [0.15, 0.2) is 30.5 Å². The summed E-state index contributed by atoms with van der Waals surface area (Å²) in [6.07, 6.45) is 2.38. The maximum Gasteiger partial charge on any atom is 0.239 e. The molecular weight excluding hydrogens is 264 g/mol. The van der Waals surface area contributed by atoms with Crippen molar-refractivity contribution < 1.29 is 4.79 Å². The van der Waals surface area contributed by atoms with Gasteiger partial charge in [0.1, 0.15) is 0 Å². The number of carbonyl (C=O) groups is 1. The Morgan fingerprint density at radius 1 is 1.48 bits per heavy atom. The highest BCUT2D eigenvalue weighted by atomic mass is 16.2. The van der Waals surface area contributed by atoms with E-state index < -0.39 is 6.04 Å². The molecule has 1 aromatic carbocycles. The minimum absolute atomic E-state index is 0.137. The summed E-state index contributed by atoms with van der Waals surface area (Å²) in [6, 6.07) is 9.46. The van der Waals surface area contributed by atoms with Crippen LogP contribution in [0.2, 0.25) is 0 Å². The van der Waals surface area contributed by atoms with Crippen LogP contribution in [0.1, 0.15) is 12.5 Å². The molecule has 0 saturated carbocycles. The third-order valence-electron chi connectivity index (χ3n) is 3.58. The SMILES string of the molecule is CC(C#N)CN(C)C(=O)C(N)Cc1c[nH]c2ccccc12. The Hall–Kier alpha value is -2.32. The van der Waals surface area contributed by atoms with Crippen LogP contribution in [0.5, 0.6) is 0 Å². The third kappa shape index (κ3) is 3.41. The maximum atomic E-state index is 12.2. The highest BCUT2D eigenvalue weighted by molar-refractivity contribution is 5.86. The molecule has 0 aliphatic rings. The fraction of sp³-hybridized carbons (Fsp3) is 0.375. The van der Waals surface area contributed by atoms with Crippen LogP contribution in [0.4, 0.5) is 0 Å². The number of hydrogen-bond acceptors (Lipinski definition) is 3. The van der Waals surface area contributed by atoms with Gasteiger partial charge in [-0.25, -0.2) is 0 Å². The van der Waals surface area contributed by atoms with Crippen LogP contribution in [0, 0.1) is 17.2 Å². The van der Waals surface area contributed by atoms with Crippen molar-refractivity contribution in [3.8, 4) is 6.07 Å². The molecule has 0 radical (unpaired) electrons. The van der Waals surface area contributed by atoms with Gasteiger partial charge >= 0.3 is 0 Å². The molecule has 0 aliphatic carbocycles. The van der Waals surface area contributed by atoms with Crippen molar-refractivity contribution in [2.75, 3.05) is 13.6 Å². The summed E-state index contributed by atoms with van der Waals surface area (Å²) >= 11 is 0. The number of nitriles is 1. The quantitative estimate of drug-likeness (QED) is 0.875. The molecule has 5 heteroatoms. The number of aromatic amines is 1.